The van der Waals surface area contributed by atoms with Crippen molar-refractivity contribution in [3.8, 4) is 6.07 Å². The molecule has 1 unspecified atom stereocenters. The number of aliphatic hydroxyl groups excluding tert-OH is 1. The van der Waals surface area contributed by atoms with Crippen LogP contribution in [0, 0.1) is 11.3 Å². The molecule has 2 rings (SSSR count). The Balaban J connectivity index is 2.08. The van der Waals surface area contributed by atoms with Crippen molar-refractivity contribution in [2.45, 2.75) is 19.6 Å². The van der Waals surface area contributed by atoms with Gasteiger partial charge in [-0.15, -0.1) is 11.3 Å². The van der Waals surface area contributed by atoms with E-state index in [0.717, 1.165) is 21.0 Å². The molecule has 2 aromatic rings. The lowest BCUT2D eigenvalue weighted by Crippen LogP contribution is -2.03. The molecule has 0 radical (unpaired) electrons. The summed E-state index contributed by atoms with van der Waals surface area (Å²) in [6.45, 7) is 2.41. The second kappa shape index (κ2) is 5.67. The van der Waals surface area contributed by atoms with Gasteiger partial charge in [0.25, 0.3) is 0 Å². The number of benzene rings is 1. The minimum absolute atomic E-state index is 0.494. The molecule has 2 N–H and O–H groups in total. The van der Waals surface area contributed by atoms with Crippen LogP contribution in [0.25, 0.3) is 0 Å². The monoisotopic (exact) mass is 258 g/mol. The molecular formula is C14H14N2OS. The van der Waals surface area contributed by atoms with E-state index in [9.17, 15) is 5.11 Å². The van der Waals surface area contributed by atoms with Crippen molar-refractivity contribution < 1.29 is 5.11 Å². The van der Waals surface area contributed by atoms with Crippen LogP contribution < -0.4 is 5.32 Å². The van der Waals surface area contributed by atoms with Gasteiger partial charge in [-0.05, 0) is 25.1 Å². The number of rotatable bonds is 4. The van der Waals surface area contributed by atoms with Gasteiger partial charge < -0.3 is 10.4 Å². The molecule has 0 aliphatic heterocycles. The quantitative estimate of drug-likeness (QED) is 0.884. The van der Waals surface area contributed by atoms with Crippen molar-refractivity contribution in [1.82, 2.24) is 0 Å². The number of hydrogen-bond donors (Lipinski definition) is 2. The van der Waals surface area contributed by atoms with Crippen LogP contribution in [0.5, 0.6) is 0 Å². The fraction of sp³-hybridized carbons (Fsp3) is 0.214. The van der Waals surface area contributed by atoms with Gasteiger partial charge >= 0.3 is 0 Å². The van der Waals surface area contributed by atoms with Crippen LogP contribution in [0.2, 0.25) is 0 Å². The molecule has 1 aromatic heterocycles. The molecule has 0 saturated heterocycles. The van der Waals surface area contributed by atoms with Crippen molar-refractivity contribution in [1.29, 1.82) is 5.26 Å². The number of nitrogens with zero attached hydrogens (tertiary/aromatic N) is 1. The van der Waals surface area contributed by atoms with Crippen LogP contribution >= 0.6 is 11.3 Å². The minimum atomic E-state index is -0.494. The fourth-order valence-electron chi connectivity index (χ4n) is 1.74. The highest BCUT2D eigenvalue weighted by molar-refractivity contribution is 7.12. The lowest BCUT2D eigenvalue weighted by Gasteiger charge is -2.13. The lowest BCUT2D eigenvalue weighted by molar-refractivity contribution is 0.200. The van der Waals surface area contributed by atoms with Gasteiger partial charge in [-0.3, -0.25) is 0 Å². The Morgan fingerprint density at radius 2 is 2.11 bits per heavy atom. The summed E-state index contributed by atoms with van der Waals surface area (Å²) in [5.74, 6) is 0. The molecule has 1 heterocycles. The maximum Gasteiger partial charge on any atom is 0.110 e. The third-order valence-electron chi connectivity index (χ3n) is 2.64. The van der Waals surface area contributed by atoms with Gasteiger partial charge in [0, 0.05) is 22.7 Å². The summed E-state index contributed by atoms with van der Waals surface area (Å²) in [5, 5.41) is 21.7. The van der Waals surface area contributed by atoms with E-state index in [1.165, 1.54) is 11.3 Å². The normalized spacial score (nSPS) is 11.8. The number of nitriles is 1. The van der Waals surface area contributed by atoms with Crippen molar-refractivity contribution in [2.24, 2.45) is 0 Å². The fourth-order valence-corrected chi connectivity index (χ4v) is 2.48. The molecule has 4 heteroatoms. The number of hydrogen-bond acceptors (Lipinski definition) is 4. The minimum Gasteiger partial charge on any atom is -0.389 e. The second-order valence-electron chi connectivity index (χ2n) is 3.99. The van der Waals surface area contributed by atoms with Gasteiger partial charge in [-0.2, -0.15) is 5.26 Å². The smallest absolute Gasteiger partial charge is 0.110 e. The summed E-state index contributed by atoms with van der Waals surface area (Å²) in [5.41, 5.74) is 1.81. The molecule has 0 saturated carbocycles. The van der Waals surface area contributed by atoms with Gasteiger partial charge in [0.2, 0.25) is 0 Å². The van der Waals surface area contributed by atoms with E-state index in [4.69, 9.17) is 5.26 Å². The average Bonchev–Trinajstić information content (AvgIpc) is 2.84. The SMILES string of the molecule is CC(O)c1ccccc1NCc1ccc(C#N)s1. The number of thiophene rings is 1. The van der Waals surface area contributed by atoms with Gasteiger partial charge in [0.1, 0.15) is 10.9 Å². The highest BCUT2D eigenvalue weighted by Crippen LogP contribution is 2.24. The molecule has 18 heavy (non-hydrogen) atoms. The molecule has 0 amide bonds. The molecule has 0 bridgehead atoms. The standard InChI is InChI=1S/C14H14N2OS/c1-10(17)13-4-2-3-5-14(13)16-9-12-7-6-11(8-15)18-12/h2-7,10,16-17H,9H2,1H3. The summed E-state index contributed by atoms with van der Waals surface area (Å²) in [6, 6.07) is 13.6. The summed E-state index contributed by atoms with van der Waals surface area (Å²) in [7, 11) is 0. The maximum atomic E-state index is 9.66. The van der Waals surface area contributed by atoms with Crippen molar-refractivity contribution in [2.75, 3.05) is 5.32 Å². The van der Waals surface area contributed by atoms with Gasteiger partial charge in [-0.25, -0.2) is 0 Å². The zero-order valence-electron chi connectivity index (χ0n) is 10.1. The number of aliphatic hydroxyl groups is 1. The van der Waals surface area contributed by atoms with Gasteiger partial charge in [0.15, 0.2) is 0 Å². The molecular weight excluding hydrogens is 244 g/mol. The third kappa shape index (κ3) is 2.89. The van der Waals surface area contributed by atoms with Gasteiger partial charge in [-0.1, -0.05) is 18.2 Å². The molecule has 0 aliphatic carbocycles. The van der Waals surface area contributed by atoms with Crippen LogP contribution in [-0.2, 0) is 6.54 Å². The number of nitrogens with one attached hydrogen (secondary N) is 1. The van der Waals surface area contributed by atoms with E-state index in [0.29, 0.717) is 6.54 Å². The molecule has 1 aromatic carbocycles. The zero-order chi connectivity index (χ0) is 13.0. The van der Waals surface area contributed by atoms with Crippen molar-refractivity contribution in [3.63, 3.8) is 0 Å². The molecule has 0 spiro atoms. The van der Waals surface area contributed by atoms with E-state index in [1.54, 1.807) is 6.92 Å². The Morgan fingerprint density at radius 1 is 1.33 bits per heavy atom. The van der Waals surface area contributed by atoms with Crippen LogP contribution in [0.15, 0.2) is 36.4 Å². The average molecular weight is 258 g/mol. The van der Waals surface area contributed by atoms with E-state index in [2.05, 4.69) is 11.4 Å². The van der Waals surface area contributed by atoms with Crippen LogP contribution in [-0.4, -0.2) is 5.11 Å². The van der Waals surface area contributed by atoms with E-state index < -0.39 is 6.10 Å². The van der Waals surface area contributed by atoms with Crippen LogP contribution in [0.1, 0.15) is 28.3 Å². The Kier molecular flexibility index (Phi) is 3.98. The molecule has 3 nitrogen and oxygen atoms in total. The molecule has 0 aliphatic rings. The Bertz CT molecular complexity index is 569. The summed E-state index contributed by atoms with van der Waals surface area (Å²) >= 11 is 1.48. The predicted molar refractivity (Wildman–Crippen MR) is 73.4 cm³/mol. The third-order valence-corrected chi connectivity index (χ3v) is 3.63. The first-order valence-electron chi connectivity index (χ1n) is 5.70. The number of anilines is 1. The summed E-state index contributed by atoms with van der Waals surface area (Å²) in [4.78, 5) is 1.82. The Labute approximate surface area is 110 Å². The van der Waals surface area contributed by atoms with Crippen LogP contribution in [0.4, 0.5) is 5.69 Å². The second-order valence-corrected chi connectivity index (χ2v) is 5.16. The summed E-state index contributed by atoms with van der Waals surface area (Å²) < 4.78 is 0. The Hall–Kier alpha value is -1.83. The highest BCUT2D eigenvalue weighted by atomic mass is 32.1. The van der Waals surface area contributed by atoms with Crippen molar-refractivity contribution >= 4 is 17.0 Å². The largest absolute Gasteiger partial charge is 0.389 e. The highest BCUT2D eigenvalue weighted by Gasteiger charge is 2.07. The molecule has 92 valence electrons. The Morgan fingerprint density at radius 3 is 2.78 bits per heavy atom. The van der Waals surface area contributed by atoms with Crippen LogP contribution in [0.3, 0.4) is 0 Å². The van der Waals surface area contributed by atoms with E-state index in [1.807, 2.05) is 36.4 Å². The van der Waals surface area contributed by atoms with Gasteiger partial charge in [0.05, 0.1) is 6.10 Å². The molecule has 1 atom stereocenters. The first-order valence-corrected chi connectivity index (χ1v) is 6.52. The maximum absolute atomic E-state index is 9.66. The predicted octanol–water partition coefficient (Wildman–Crippen LogP) is 3.29. The zero-order valence-corrected chi connectivity index (χ0v) is 10.9. The molecule has 0 fully saturated rings. The first kappa shape index (κ1) is 12.6. The van der Waals surface area contributed by atoms with Crippen molar-refractivity contribution in [3.05, 3.63) is 51.7 Å². The summed E-state index contributed by atoms with van der Waals surface area (Å²) in [6.07, 6.45) is -0.494. The lowest BCUT2D eigenvalue weighted by atomic mass is 10.1. The van der Waals surface area contributed by atoms with E-state index in [-0.39, 0.29) is 0 Å². The number of para-hydroxylation sites is 1. The topological polar surface area (TPSA) is 56.0 Å². The first-order chi connectivity index (χ1) is 8.70. The van der Waals surface area contributed by atoms with E-state index >= 15 is 0 Å².